The van der Waals surface area contributed by atoms with Crippen molar-refractivity contribution in [3.8, 4) is 0 Å². The number of nitrogens with one attached hydrogen (secondary N) is 2. The number of aryl methyl sites for hydroxylation is 1. The Morgan fingerprint density at radius 3 is 2.50 bits per heavy atom. The zero-order valence-electron chi connectivity index (χ0n) is 11.8. The lowest BCUT2D eigenvalue weighted by Gasteiger charge is -2.07. The third kappa shape index (κ3) is 4.09. The first kappa shape index (κ1) is 14.1. The largest absolute Gasteiger partial charge is 0.370 e. The Hall–Kier alpha value is -2.36. The molecule has 2 rings (SSSR count). The normalized spacial score (nSPS) is 10.1. The van der Waals surface area contributed by atoms with Crippen LogP contribution in [0.5, 0.6) is 0 Å². The van der Waals surface area contributed by atoms with Gasteiger partial charge in [-0.1, -0.05) is 29.8 Å². The van der Waals surface area contributed by atoms with Gasteiger partial charge in [0.25, 0.3) is 0 Å². The summed E-state index contributed by atoms with van der Waals surface area (Å²) in [6.07, 6.45) is 2.03. The molecule has 2 aromatic rings. The second kappa shape index (κ2) is 6.70. The lowest BCUT2D eigenvalue weighted by atomic mass is 10.1. The topological polar surface area (TPSA) is 54.0 Å². The zero-order chi connectivity index (χ0) is 14.4. The molecule has 0 radical (unpaired) electrons. The van der Waals surface area contributed by atoms with Crippen LogP contribution in [0.15, 0.2) is 42.6 Å². The molecule has 0 spiro atoms. The summed E-state index contributed by atoms with van der Waals surface area (Å²) in [4.78, 5) is 16.1. The highest BCUT2D eigenvalue weighted by Gasteiger charge is 2.04. The molecule has 0 unspecified atom stereocenters. The van der Waals surface area contributed by atoms with Gasteiger partial charge < -0.3 is 10.6 Å². The molecule has 1 heterocycles. The van der Waals surface area contributed by atoms with Gasteiger partial charge in [-0.3, -0.25) is 4.79 Å². The smallest absolute Gasteiger partial charge is 0.228 e. The molecule has 2 N–H and O–H groups in total. The van der Waals surface area contributed by atoms with Crippen molar-refractivity contribution in [1.29, 1.82) is 0 Å². The summed E-state index contributed by atoms with van der Waals surface area (Å²) < 4.78 is 0. The number of anilines is 2. The van der Waals surface area contributed by atoms with Crippen LogP contribution in [-0.2, 0) is 11.2 Å². The van der Waals surface area contributed by atoms with Crippen molar-refractivity contribution in [2.75, 3.05) is 17.2 Å². The lowest BCUT2D eigenvalue weighted by Crippen LogP contribution is -2.14. The molecule has 0 atom stereocenters. The molecule has 4 nitrogen and oxygen atoms in total. The van der Waals surface area contributed by atoms with Crippen molar-refractivity contribution in [3.05, 3.63) is 53.7 Å². The van der Waals surface area contributed by atoms with Crippen LogP contribution >= 0.6 is 0 Å². The van der Waals surface area contributed by atoms with E-state index in [9.17, 15) is 4.79 Å². The predicted molar refractivity (Wildman–Crippen MR) is 81.9 cm³/mol. The second-order valence-corrected chi connectivity index (χ2v) is 4.67. The van der Waals surface area contributed by atoms with Crippen LogP contribution in [0.2, 0.25) is 0 Å². The van der Waals surface area contributed by atoms with Crippen LogP contribution in [0.25, 0.3) is 0 Å². The number of benzene rings is 1. The third-order valence-electron chi connectivity index (χ3n) is 2.89. The van der Waals surface area contributed by atoms with Crippen molar-refractivity contribution >= 4 is 17.4 Å². The van der Waals surface area contributed by atoms with Gasteiger partial charge in [0, 0.05) is 6.54 Å². The summed E-state index contributed by atoms with van der Waals surface area (Å²) in [5.74, 6) is 0.774. The average Bonchev–Trinajstić information content (AvgIpc) is 2.44. The number of carbonyl (C=O) groups is 1. The van der Waals surface area contributed by atoms with E-state index in [1.807, 2.05) is 50.2 Å². The Morgan fingerprint density at radius 1 is 1.15 bits per heavy atom. The first-order valence-electron chi connectivity index (χ1n) is 6.72. The molecule has 20 heavy (non-hydrogen) atoms. The molecule has 0 saturated heterocycles. The van der Waals surface area contributed by atoms with E-state index in [0.29, 0.717) is 12.1 Å². The van der Waals surface area contributed by atoms with Gasteiger partial charge in [-0.2, -0.15) is 0 Å². The Labute approximate surface area is 119 Å². The fourth-order valence-corrected chi connectivity index (χ4v) is 1.85. The zero-order valence-corrected chi connectivity index (χ0v) is 11.8. The van der Waals surface area contributed by atoms with E-state index in [1.54, 1.807) is 6.20 Å². The van der Waals surface area contributed by atoms with Gasteiger partial charge in [-0.05, 0) is 31.5 Å². The molecule has 0 aliphatic carbocycles. The highest BCUT2D eigenvalue weighted by molar-refractivity contribution is 5.92. The van der Waals surface area contributed by atoms with E-state index in [2.05, 4.69) is 15.6 Å². The van der Waals surface area contributed by atoms with E-state index in [0.717, 1.165) is 17.9 Å². The van der Waals surface area contributed by atoms with Crippen molar-refractivity contribution in [2.45, 2.75) is 20.3 Å². The second-order valence-electron chi connectivity index (χ2n) is 4.67. The van der Waals surface area contributed by atoms with Crippen molar-refractivity contribution in [1.82, 2.24) is 4.98 Å². The molecule has 1 aromatic carbocycles. The Balaban J connectivity index is 1.92. The number of hydrogen-bond donors (Lipinski definition) is 2. The van der Waals surface area contributed by atoms with Crippen molar-refractivity contribution < 1.29 is 4.79 Å². The van der Waals surface area contributed by atoms with Crippen LogP contribution in [0.1, 0.15) is 18.1 Å². The van der Waals surface area contributed by atoms with E-state index in [1.165, 1.54) is 5.56 Å². The monoisotopic (exact) mass is 269 g/mol. The molecule has 0 saturated carbocycles. The minimum Gasteiger partial charge on any atom is -0.370 e. The number of aromatic nitrogens is 1. The minimum atomic E-state index is -0.0353. The van der Waals surface area contributed by atoms with Crippen LogP contribution in [0, 0.1) is 6.92 Å². The average molecular weight is 269 g/mol. The maximum absolute atomic E-state index is 11.9. The summed E-state index contributed by atoms with van der Waals surface area (Å²) in [7, 11) is 0. The van der Waals surface area contributed by atoms with Crippen LogP contribution in [0.4, 0.5) is 11.5 Å². The van der Waals surface area contributed by atoms with Gasteiger partial charge >= 0.3 is 0 Å². The third-order valence-corrected chi connectivity index (χ3v) is 2.89. The molecule has 0 aliphatic heterocycles. The molecule has 0 fully saturated rings. The molecule has 1 amide bonds. The number of rotatable bonds is 5. The maximum Gasteiger partial charge on any atom is 0.228 e. The highest BCUT2D eigenvalue weighted by Crippen LogP contribution is 2.10. The van der Waals surface area contributed by atoms with E-state index in [-0.39, 0.29) is 5.91 Å². The van der Waals surface area contributed by atoms with Gasteiger partial charge in [0.15, 0.2) is 0 Å². The van der Waals surface area contributed by atoms with Crippen LogP contribution in [0.3, 0.4) is 0 Å². The summed E-state index contributed by atoms with van der Waals surface area (Å²) in [6.45, 7) is 4.87. The van der Waals surface area contributed by atoms with E-state index < -0.39 is 0 Å². The minimum absolute atomic E-state index is 0.0353. The number of nitrogens with zero attached hydrogens (tertiary/aromatic N) is 1. The Morgan fingerprint density at radius 2 is 1.90 bits per heavy atom. The highest BCUT2D eigenvalue weighted by atomic mass is 16.1. The number of amides is 1. The molecule has 1 aromatic heterocycles. The first-order chi connectivity index (χ1) is 9.67. The Bertz CT molecular complexity index is 561. The summed E-state index contributed by atoms with van der Waals surface area (Å²) in [5.41, 5.74) is 2.91. The Kier molecular flexibility index (Phi) is 4.71. The van der Waals surface area contributed by atoms with Crippen molar-refractivity contribution in [2.24, 2.45) is 0 Å². The molecule has 104 valence electrons. The summed E-state index contributed by atoms with van der Waals surface area (Å²) >= 11 is 0. The predicted octanol–water partition coefficient (Wildman–Crippen LogP) is 3.00. The first-order valence-corrected chi connectivity index (χ1v) is 6.72. The molecule has 0 aliphatic rings. The SMILES string of the molecule is CCNc1ccc(NC(=O)Cc2ccc(C)cc2)cn1. The molecular weight excluding hydrogens is 250 g/mol. The molecule has 4 heteroatoms. The van der Waals surface area contributed by atoms with Crippen molar-refractivity contribution in [3.63, 3.8) is 0 Å². The van der Waals surface area contributed by atoms with Crippen LogP contribution in [-0.4, -0.2) is 17.4 Å². The number of pyridine rings is 1. The molecule has 0 bridgehead atoms. The van der Waals surface area contributed by atoms with Gasteiger partial charge in [-0.25, -0.2) is 4.98 Å². The number of carbonyl (C=O) groups excluding carboxylic acids is 1. The van der Waals surface area contributed by atoms with Gasteiger partial charge in [0.05, 0.1) is 18.3 Å². The summed E-state index contributed by atoms with van der Waals surface area (Å²) in [5, 5.41) is 5.95. The van der Waals surface area contributed by atoms with Crippen LogP contribution < -0.4 is 10.6 Å². The van der Waals surface area contributed by atoms with Gasteiger partial charge in [-0.15, -0.1) is 0 Å². The van der Waals surface area contributed by atoms with E-state index in [4.69, 9.17) is 0 Å². The van der Waals surface area contributed by atoms with Gasteiger partial charge in [0.2, 0.25) is 5.91 Å². The van der Waals surface area contributed by atoms with E-state index >= 15 is 0 Å². The fraction of sp³-hybridized carbons (Fsp3) is 0.250. The quantitative estimate of drug-likeness (QED) is 0.877. The standard InChI is InChI=1S/C16H19N3O/c1-3-17-15-9-8-14(11-18-15)19-16(20)10-13-6-4-12(2)5-7-13/h4-9,11H,3,10H2,1-2H3,(H,17,18)(H,19,20). The number of hydrogen-bond acceptors (Lipinski definition) is 3. The van der Waals surface area contributed by atoms with Gasteiger partial charge in [0.1, 0.15) is 5.82 Å². The molecular formula is C16H19N3O. The maximum atomic E-state index is 11.9. The summed E-state index contributed by atoms with van der Waals surface area (Å²) in [6, 6.07) is 11.7. The lowest BCUT2D eigenvalue weighted by molar-refractivity contribution is -0.115. The fourth-order valence-electron chi connectivity index (χ4n) is 1.85.